The molecule has 0 saturated carbocycles. The van der Waals surface area contributed by atoms with Crippen LogP contribution in [-0.4, -0.2) is 5.91 Å². The van der Waals surface area contributed by atoms with Crippen LogP contribution in [0.5, 0.6) is 0 Å². The summed E-state index contributed by atoms with van der Waals surface area (Å²) in [6.45, 7) is 0. The minimum atomic E-state index is -0.423. The lowest BCUT2D eigenvalue weighted by Gasteiger charge is -2.07. The van der Waals surface area contributed by atoms with Crippen molar-refractivity contribution in [2.75, 3.05) is 5.32 Å². The summed E-state index contributed by atoms with van der Waals surface area (Å²) >= 11 is 5.48. The van der Waals surface area contributed by atoms with Gasteiger partial charge in [-0.1, -0.05) is 22.0 Å². The molecule has 0 atom stereocenters. The number of halogens is 3. The fraction of sp³-hybridized carbons (Fsp3) is 0. The van der Waals surface area contributed by atoms with Crippen molar-refractivity contribution in [3.8, 4) is 0 Å². The molecule has 0 aliphatic heterocycles. The molecule has 2 nitrogen and oxygen atoms in total. The number of nitrogens with one attached hydrogen (secondary N) is 1. The lowest BCUT2D eigenvalue weighted by Crippen LogP contribution is -2.12. The number of hydrogen-bond donors (Lipinski definition) is 1. The summed E-state index contributed by atoms with van der Waals surface area (Å²) in [7, 11) is 0. The van der Waals surface area contributed by atoms with Crippen LogP contribution in [0.1, 0.15) is 10.4 Å². The molecule has 2 aromatic rings. The number of benzene rings is 2. The maximum Gasteiger partial charge on any atom is 0.255 e. The summed E-state index contributed by atoms with van der Waals surface area (Å²) in [5.41, 5.74) is 1.00. The zero-order valence-electron chi connectivity index (χ0n) is 9.08. The first kappa shape index (κ1) is 13.5. The van der Waals surface area contributed by atoms with Crippen molar-refractivity contribution in [2.45, 2.75) is 0 Å². The fourth-order valence-corrected chi connectivity index (χ4v) is 2.85. The minimum absolute atomic E-state index is 0.300. The topological polar surface area (TPSA) is 29.1 Å². The summed E-state index contributed by atoms with van der Waals surface area (Å²) < 4.78 is 14.9. The monoisotopic (exact) mass is 419 g/mol. The van der Waals surface area contributed by atoms with Gasteiger partial charge in [0.1, 0.15) is 5.82 Å². The number of hydrogen-bond acceptors (Lipinski definition) is 1. The largest absolute Gasteiger partial charge is 0.321 e. The zero-order valence-corrected chi connectivity index (χ0v) is 12.8. The second kappa shape index (κ2) is 5.79. The van der Waals surface area contributed by atoms with Crippen LogP contribution in [0.4, 0.5) is 10.1 Å². The first-order valence-electron chi connectivity index (χ1n) is 5.08. The highest BCUT2D eigenvalue weighted by Gasteiger charge is 2.09. The van der Waals surface area contributed by atoms with Gasteiger partial charge < -0.3 is 5.32 Å². The van der Waals surface area contributed by atoms with Crippen molar-refractivity contribution in [1.82, 2.24) is 0 Å². The van der Waals surface area contributed by atoms with E-state index in [-0.39, 0.29) is 5.91 Å². The predicted molar refractivity (Wildman–Crippen MR) is 81.2 cm³/mol. The van der Waals surface area contributed by atoms with Gasteiger partial charge in [0.15, 0.2) is 0 Å². The average Bonchev–Trinajstić information content (AvgIpc) is 2.32. The molecule has 2 rings (SSSR count). The van der Waals surface area contributed by atoms with Gasteiger partial charge in [0, 0.05) is 13.6 Å². The Morgan fingerprint density at radius 1 is 1.22 bits per heavy atom. The van der Waals surface area contributed by atoms with Gasteiger partial charge in [-0.05, 0) is 59.0 Å². The molecule has 1 amide bonds. The molecule has 18 heavy (non-hydrogen) atoms. The standard InChI is InChI=1S/C13H8BrFINO/c14-9-4-5-12(11(16)7-9)17-13(18)8-2-1-3-10(15)6-8/h1-7H,(H,17,18). The molecule has 92 valence electrons. The van der Waals surface area contributed by atoms with E-state index in [0.29, 0.717) is 11.3 Å². The zero-order chi connectivity index (χ0) is 13.1. The second-order valence-electron chi connectivity index (χ2n) is 3.59. The first-order chi connectivity index (χ1) is 8.56. The summed E-state index contributed by atoms with van der Waals surface area (Å²) in [5, 5.41) is 2.75. The van der Waals surface area contributed by atoms with Gasteiger partial charge in [0.25, 0.3) is 5.91 Å². The summed E-state index contributed by atoms with van der Waals surface area (Å²) in [4.78, 5) is 11.9. The van der Waals surface area contributed by atoms with Crippen molar-refractivity contribution >= 4 is 50.1 Å². The molecule has 0 saturated heterocycles. The number of rotatable bonds is 2. The molecule has 0 aliphatic rings. The molecule has 0 bridgehead atoms. The lowest BCUT2D eigenvalue weighted by atomic mass is 10.2. The van der Waals surface area contributed by atoms with Crippen LogP contribution in [0, 0.1) is 9.39 Å². The van der Waals surface area contributed by atoms with Gasteiger partial charge in [-0.3, -0.25) is 4.79 Å². The van der Waals surface area contributed by atoms with Crippen molar-refractivity contribution in [2.24, 2.45) is 0 Å². The van der Waals surface area contributed by atoms with E-state index >= 15 is 0 Å². The first-order valence-corrected chi connectivity index (χ1v) is 6.95. The normalized spacial score (nSPS) is 10.2. The number of amides is 1. The Morgan fingerprint density at radius 2 is 2.00 bits per heavy atom. The molecule has 1 N–H and O–H groups in total. The number of anilines is 1. The molecule has 0 aliphatic carbocycles. The van der Waals surface area contributed by atoms with Crippen LogP contribution in [0.15, 0.2) is 46.9 Å². The van der Waals surface area contributed by atoms with E-state index in [1.165, 1.54) is 18.2 Å². The third-order valence-corrected chi connectivity index (χ3v) is 3.65. The van der Waals surface area contributed by atoms with E-state index in [1.54, 1.807) is 12.1 Å². The van der Waals surface area contributed by atoms with Crippen molar-refractivity contribution in [3.63, 3.8) is 0 Å². The van der Waals surface area contributed by atoms with Gasteiger partial charge in [0.2, 0.25) is 0 Å². The summed E-state index contributed by atoms with van der Waals surface area (Å²) in [5.74, 6) is -0.747. The lowest BCUT2D eigenvalue weighted by molar-refractivity contribution is 0.102. The van der Waals surface area contributed by atoms with E-state index in [9.17, 15) is 9.18 Å². The van der Waals surface area contributed by atoms with Crippen molar-refractivity contribution in [1.29, 1.82) is 0 Å². The molecular weight excluding hydrogens is 412 g/mol. The maximum atomic E-state index is 13.0. The van der Waals surface area contributed by atoms with Gasteiger partial charge in [0.05, 0.1) is 5.69 Å². The molecule has 2 aromatic carbocycles. The Kier molecular flexibility index (Phi) is 4.34. The highest BCUT2D eigenvalue weighted by Crippen LogP contribution is 2.23. The predicted octanol–water partition coefficient (Wildman–Crippen LogP) is 4.45. The van der Waals surface area contributed by atoms with Crippen LogP contribution >= 0.6 is 38.5 Å². The molecule has 0 spiro atoms. The van der Waals surface area contributed by atoms with Crippen LogP contribution in [0.2, 0.25) is 0 Å². The van der Waals surface area contributed by atoms with Gasteiger partial charge >= 0.3 is 0 Å². The maximum absolute atomic E-state index is 13.0. The van der Waals surface area contributed by atoms with E-state index in [4.69, 9.17) is 0 Å². The SMILES string of the molecule is O=C(Nc1ccc(Br)cc1I)c1cccc(F)c1. The minimum Gasteiger partial charge on any atom is -0.321 e. The number of carbonyl (C=O) groups is 1. The highest BCUT2D eigenvalue weighted by atomic mass is 127. The van der Waals surface area contributed by atoms with Gasteiger partial charge in [-0.25, -0.2) is 4.39 Å². The average molecular weight is 420 g/mol. The smallest absolute Gasteiger partial charge is 0.255 e. The van der Waals surface area contributed by atoms with E-state index in [1.807, 2.05) is 12.1 Å². The molecule has 0 unspecified atom stereocenters. The van der Waals surface area contributed by atoms with Crippen LogP contribution in [-0.2, 0) is 0 Å². The highest BCUT2D eigenvalue weighted by molar-refractivity contribution is 14.1. The van der Waals surface area contributed by atoms with Crippen molar-refractivity contribution in [3.05, 3.63) is 61.9 Å². The molecule has 0 fully saturated rings. The Morgan fingerprint density at radius 3 is 2.67 bits per heavy atom. The number of carbonyl (C=O) groups excluding carboxylic acids is 1. The van der Waals surface area contributed by atoms with Crippen LogP contribution in [0.3, 0.4) is 0 Å². The third kappa shape index (κ3) is 3.29. The molecule has 0 aromatic heterocycles. The second-order valence-corrected chi connectivity index (χ2v) is 5.67. The molecule has 0 radical (unpaired) electrons. The molecule has 0 heterocycles. The van der Waals surface area contributed by atoms with Crippen molar-refractivity contribution < 1.29 is 9.18 Å². The summed E-state index contributed by atoms with van der Waals surface area (Å²) in [6.07, 6.45) is 0. The Bertz CT molecular complexity index is 603. The Labute approximate surface area is 126 Å². The van der Waals surface area contributed by atoms with Gasteiger partial charge in [-0.15, -0.1) is 0 Å². The van der Waals surface area contributed by atoms with E-state index in [0.717, 1.165) is 8.04 Å². The Balaban J connectivity index is 2.21. The van der Waals surface area contributed by atoms with E-state index < -0.39 is 5.82 Å². The third-order valence-electron chi connectivity index (χ3n) is 2.27. The Hall–Kier alpha value is -0.950. The quantitative estimate of drug-likeness (QED) is 0.716. The molecular formula is C13H8BrFINO. The van der Waals surface area contributed by atoms with E-state index in [2.05, 4.69) is 43.8 Å². The summed E-state index contributed by atoms with van der Waals surface area (Å²) in [6, 6.07) is 11.1. The van der Waals surface area contributed by atoms with Crippen LogP contribution < -0.4 is 5.32 Å². The molecule has 5 heteroatoms. The van der Waals surface area contributed by atoms with Crippen LogP contribution in [0.25, 0.3) is 0 Å². The van der Waals surface area contributed by atoms with Gasteiger partial charge in [-0.2, -0.15) is 0 Å². The fourth-order valence-electron chi connectivity index (χ4n) is 1.42.